The van der Waals surface area contributed by atoms with Gasteiger partial charge in [0.2, 0.25) is 23.6 Å². The van der Waals surface area contributed by atoms with Crippen LogP contribution in [0.1, 0.15) is 20.9 Å². The lowest BCUT2D eigenvalue weighted by Gasteiger charge is -2.26. The van der Waals surface area contributed by atoms with Gasteiger partial charge in [0.15, 0.2) is 6.61 Å². The molecule has 2 aliphatic rings. The maximum Gasteiger partial charge on any atom is 0.283 e. The van der Waals surface area contributed by atoms with Crippen molar-refractivity contribution in [1.29, 1.82) is 0 Å². The minimum atomic E-state index is -4.60. The molecule has 17 heteroatoms. The smallest absolute Gasteiger partial charge is 0.283 e. The van der Waals surface area contributed by atoms with E-state index in [1.165, 1.54) is 22.7 Å². The fourth-order valence-corrected chi connectivity index (χ4v) is 8.07. The second kappa shape index (κ2) is 19.5. The molecule has 7 rings (SSSR count). The Labute approximate surface area is 343 Å². The van der Waals surface area contributed by atoms with Gasteiger partial charge in [-0.15, -0.1) is 22.7 Å². The van der Waals surface area contributed by atoms with Gasteiger partial charge in [-0.1, -0.05) is 78.9 Å². The van der Waals surface area contributed by atoms with Gasteiger partial charge >= 0.3 is 0 Å². The topological polar surface area (TPSA) is 209 Å². The maximum absolute atomic E-state index is 14.4. The van der Waals surface area contributed by atoms with E-state index in [2.05, 4.69) is 26.6 Å². The fraction of sp³-hybridized carbons (Fsp3) is 0.244. The third-order valence-electron chi connectivity index (χ3n) is 9.18. The molecule has 6 N–H and O–H groups in total. The predicted octanol–water partition coefficient (Wildman–Crippen LogP) is 3.04. The third-order valence-corrected chi connectivity index (χ3v) is 11.5. The summed E-state index contributed by atoms with van der Waals surface area (Å²) in [5, 5.41) is 16.8. The molecule has 0 fully saturated rings. The van der Waals surface area contributed by atoms with E-state index in [4.69, 9.17) is 4.74 Å². The molecule has 0 spiro atoms. The highest BCUT2D eigenvalue weighted by atomic mass is 32.2. The Morgan fingerprint density at radius 3 is 1.79 bits per heavy atom. The minimum Gasteiger partial charge on any atom is -0.484 e. The van der Waals surface area contributed by atoms with Crippen LogP contribution in [0.4, 0.5) is 0 Å². The van der Waals surface area contributed by atoms with E-state index in [0.717, 1.165) is 20.9 Å². The summed E-state index contributed by atoms with van der Waals surface area (Å²) in [6, 6.07) is 25.8. The zero-order valence-corrected chi connectivity index (χ0v) is 33.4. The van der Waals surface area contributed by atoms with E-state index in [1.807, 2.05) is 77.5 Å². The van der Waals surface area contributed by atoms with Crippen LogP contribution in [-0.4, -0.2) is 79.2 Å². The maximum atomic E-state index is 14.4. The lowest BCUT2D eigenvalue weighted by atomic mass is 9.99. The highest BCUT2D eigenvalue weighted by Crippen LogP contribution is 2.21. The largest absolute Gasteiger partial charge is 0.484 e. The lowest BCUT2D eigenvalue weighted by molar-refractivity contribution is -0.134. The molecule has 0 radical (unpaired) electrons. The predicted molar refractivity (Wildman–Crippen MR) is 220 cm³/mol. The van der Waals surface area contributed by atoms with Gasteiger partial charge in [-0.05, 0) is 57.3 Å². The first kappa shape index (κ1) is 41.7. The molecule has 2 aliphatic heterocycles. The number of ether oxygens (including phenoxy) is 1. The number of carbonyl (C=O) groups excluding carboxylic acids is 5. The minimum absolute atomic E-state index is 0.0113. The van der Waals surface area contributed by atoms with Gasteiger partial charge in [-0.25, -0.2) is 0 Å². The monoisotopic (exact) mass is 843 g/mol. The van der Waals surface area contributed by atoms with Gasteiger partial charge in [0.25, 0.3) is 16.0 Å². The Morgan fingerprint density at radius 1 is 0.672 bits per heavy atom. The molecule has 5 amide bonds. The summed E-state index contributed by atoms with van der Waals surface area (Å²) in [6.45, 7) is -0.438. The lowest BCUT2D eigenvalue weighted by Crippen LogP contribution is -2.59. The number of nitrogens with one attached hydrogen (secondary N) is 5. The molecule has 0 saturated carbocycles. The van der Waals surface area contributed by atoms with Crippen molar-refractivity contribution in [2.75, 3.05) is 12.5 Å². The molecule has 0 aliphatic carbocycles. The van der Waals surface area contributed by atoms with E-state index < -0.39 is 76.3 Å². The van der Waals surface area contributed by atoms with Crippen LogP contribution in [0.3, 0.4) is 0 Å². The molecule has 0 saturated heterocycles. The molecule has 4 atom stereocenters. The fourth-order valence-electron chi connectivity index (χ4n) is 6.24. The molecule has 4 heterocycles. The standard InChI is InChI=1S/C41H41N5O9S3/c47-37-24-55-30-16-12-27(13-17-30)20-33(38(48)42-25-58(52,53)54)44-41(51)36(23-32-9-5-19-57-32)46-39(49)34(45-40(50)35(43-37)22-31-8-4-18-56-31)21-26-10-14-29(15-11-26)28-6-2-1-3-7-28/h1-19,33-36H,20-25H2,(H,42,48)(H,43,47)(H,44,51)(H,45,50)(H,46,49)(H,52,53,54)/t33-,34+,35-,36-/m0/s1. The van der Waals surface area contributed by atoms with Crippen LogP contribution >= 0.6 is 22.7 Å². The molecule has 14 nitrogen and oxygen atoms in total. The zero-order chi connectivity index (χ0) is 41.1. The summed E-state index contributed by atoms with van der Waals surface area (Å²) in [6.07, 6.45) is 0.0432. The van der Waals surface area contributed by atoms with Crippen LogP contribution in [-0.2, 0) is 59.8 Å². The Morgan fingerprint density at radius 2 is 1.22 bits per heavy atom. The van der Waals surface area contributed by atoms with Crippen LogP contribution in [0.25, 0.3) is 11.1 Å². The summed E-state index contributed by atoms with van der Waals surface area (Å²) < 4.78 is 38.0. The second-order valence-electron chi connectivity index (χ2n) is 13.5. The van der Waals surface area contributed by atoms with Crippen molar-refractivity contribution in [3.8, 4) is 16.9 Å². The Bertz CT molecular complexity index is 2290. The quantitative estimate of drug-likeness (QED) is 0.0901. The van der Waals surface area contributed by atoms with Crippen LogP contribution < -0.4 is 31.3 Å². The summed E-state index contributed by atoms with van der Waals surface area (Å²) in [5.74, 6) is -4.39. The highest BCUT2D eigenvalue weighted by molar-refractivity contribution is 7.85. The summed E-state index contributed by atoms with van der Waals surface area (Å²) in [4.78, 5) is 70.8. The van der Waals surface area contributed by atoms with E-state index >= 15 is 0 Å². The van der Waals surface area contributed by atoms with E-state index in [9.17, 15) is 36.9 Å². The summed E-state index contributed by atoms with van der Waals surface area (Å²) in [5.41, 5.74) is 3.17. The number of benzene rings is 3. The van der Waals surface area contributed by atoms with Crippen LogP contribution in [0.5, 0.6) is 5.75 Å². The van der Waals surface area contributed by atoms with Crippen molar-refractivity contribution in [1.82, 2.24) is 26.6 Å². The normalized spacial score (nSPS) is 19.6. The number of rotatable bonds is 10. The number of carbonyl (C=O) groups is 5. The zero-order valence-electron chi connectivity index (χ0n) is 31.0. The van der Waals surface area contributed by atoms with Crippen LogP contribution in [0, 0.1) is 0 Å². The molecule has 2 bridgehead atoms. The molecule has 2 aromatic heterocycles. The highest BCUT2D eigenvalue weighted by Gasteiger charge is 2.33. The number of hydrogen-bond donors (Lipinski definition) is 6. The Hall–Kier alpha value is -5.88. The van der Waals surface area contributed by atoms with Crippen molar-refractivity contribution < 1.29 is 41.7 Å². The average Bonchev–Trinajstić information content (AvgIpc) is 3.93. The first-order chi connectivity index (χ1) is 27.9. The Balaban J connectivity index is 1.34. The third kappa shape index (κ3) is 12.3. The molecular weight excluding hydrogens is 803 g/mol. The van der Waals surface area contributed by atoms with Crippen LogP contribution in [0.2, 0.25) is 0 Å². The second-order valence-corrected chi connectivity index (χ2v) is 17.1. The van der Waals surface area contributed by atoms with Crippen molar-refractivity contribution in [3.63, 3.8) is 0 Å². The molecule has 302 valence electrons. The number of hydrogen-bond acceptors (Lipinski definition) is 10. The van der Waals surface area contributed by atoms with Crippen molar-refractivity contribution in [2.45, 2.75) is 49.9 Å². The van der Waals surface area contributed by atoms with Crippen molar-refractivity contribution in [3.05, 3.63) is 135 Å². The van der Waals surface area contributed by atoms with Crippen LogP contribution in [0.15, 0.2) is 114 Å². The number of fused-ring (bicyclic) bond motifs is 16. The molecular formula is C41H41N5O9S3. The average molecular weight is 844 g/mol. The number of amides is 5. The van der Waals surface area contributed by atoms with Gasteiger partial charge in [0.1, 0.15) is 35.8 Å². The first-order valence-corrected chi connectivity index (χ1v) is 21.6. The molecule has 58 heavy (non-hydrogen) atoms. The SMILES string of the molecule is O=C1COc2ccc(cc2)C[C@@H](C(=O)NCS(=O)(=O)O)NC(=O)[C@H](Cc2cccs2)NC(=O)[C@@H](Cc2ccc(-c3ccccc3)cc2)NC(=O)[C@H](Cc2cccs2)N1. The van der Waals surface area contributed by atoms with Crippen molar-refractivity contribution in [2.24, 2.45) is 0 Å². The van der Waals surface area contributed by atoms with Gasteiger partial charge in [-0.3, -0.25) is 28.5 Å². The summed E-state index contributed by atoms with van der Waals surface area (Å²) in [7, 11) is -4.60. The first-order valence-electron chi connectivity index (χ1n) is 18.2. The van der Waals surface area contributed by atoms with E-state index in [0.29, 0.717) is 16.9 Å². The molecule has 0 unspecified atom stereocenters. The van der Waals surface area contributed by atoms with Gasteiger partial charge < -0.3 is 31.3 Å². The van der Waals surface area contributed by atoms with Crippen molar-refractivity contribution >= 4 is 62.3 Å². The molecule has 5 aromatic rings. The van der Waals surface area contributed by atoms with Gasteiger partial charge in [-0.2, -0.15) is 8.42 Å². The number of thiophene rings is 2. The Kier molecular flexibility index (Phi) is 14.0. The van der Waals surface area contributed by atoms with Gasteiger partial charge in [0, 0.05) is 35.4 Å². The molecule has 3 aromatic carbocycles. The van der Waals surface area contributed by atoms with Gasteiger partial charge in [0.05, 0.1) is 0 Å². The summed E-state index contributed by atoms with van der Waals surface area (Å²) >= 11 is 2.75. The van der Waals surface area contributed by atoms with E-state index in [-0.39, 0.29) is 25.7 Å². The van der Waals surface area contributed by atoms with E-state index in [1.54, 1.807) is 36.4 Å².